The highest BCUT2D eigenvalue weighted by Gasteiger charge is 2.33. The maximum atomic E-state index is 13.2. The van der Waals surface area contributed by atoms with Gasteiger partial charge in [-0.15, -0.1) is 0 Å². The molecule has 4 aromatic rings. The summed E-state index contributed by atoms with van der Waals surface area (Å²) in [5, 5.41) is 12.1. The van der Waals surface area contributed by atoms with Crippen molar-refractivity contribution >= 4 is 28.6 Å². The lowest BCUT2D eigenvalue weighted by Gasteiger charge is -2.12. The van der Waals surface area contributed by atoms with Crippen molar-refractivity contribution in [3.05, 3.63) is 59.9 Å². The molecule has 0 unspecified atom stereocenters. The molecule has 2 heterocycles. The van der Waals surface area contributed by atoms with Crippen molar-refractivity contribution < 1.29 is 23.1 Å². The van der Waals surface area contributed by atoms with E-state index in [0.717, 1.165) is 6.07 Å². The molecular weight excluding hydrogens is 375 g/mol. The SMILES string of the molecule is O=C(O)c1cc2[nH]c(Nc3ccccc3C(F)(F)F)nc2cc1-c1ncc[nH]1. The van der Waals surface area contributed by atoms with Crippen LogP contribution in [0.5, 0.6) is 0 Å². The highest BCUT2D eigenvalue weighted by molar-refractivity contribution is 6.00. The van der Waals surface area contributed by atoms with Crippen LogP contribution in [0.2, 0.25) is 0 Å². The number of halogens is 3. The predicted octanol–water partition coefficient (Wildman–Crippen LogP) is 4.41. The standard InChI is InChI=1S/C18H12F3N5O2/c19-18(20,21)11-3-1-2-4-12(11)24-17-25-13-7-9(15-22-5-6-23-15)10(16(27)28)8-14(13)26-17/h1-8H,(H,22,23)(H,27,28)(H2,24,25,26). The van der Waals surface area contributed by atoms with Crippen LogP contribution in [0.15, 0.2) is 48.8 Å². The number of para-hydroxylation sites is 1. The van der Waals surface area contributed by atoms with E-state index in [1.165, 1.54) is 36.5 Å². The van der Waals surface area contributed by atoms with Crippen LogP contribution in [0.3, 0.4) is 0 Å². The number of benzene rings is 2. The molecule has 0 fully saturated rings. The smallest absolute Gasteiger partial charge is 0.418 e. The molecule has 0 amide bonds. The van der Waals surface area contributed by atoms with E-state index >= 15 is 0 Å². The number of H-pyrrole nitrogens is 2. The van der Waals surface area contributed by atoms with Gasteiger partial charge < -0.3 is 20.4 Å². The molecule has 0 saturated carbocycles. The molecule has 0 spiro atoms. The van der Waals surface area contributed by atoms with Gasteiger partial charge in [-0.1, -0.05) is 12.1 Å². The average Bonchev–Trinajstić information content (AvgIpc) is 3.29. The summed E-state index contributed by atoms with van der Waals surface area (Å²) in [4.78, 5) is 25.5. The number of anilines is 2. The normalized spacial score (nSPS) is 11.7. The number of imidazole rings is 2. The lowest BCUT2D eigenvalue weighted by molar-refractivity contribution is -0.136. The molecule has 4 rings (SSSR count). The zero-order valence-electron chi connectivity index (χ0n) is 14.0. The first-order valence-electron chi connectivity index (χ1n) is 8.03. The zero-order valence-corrected chi connectivity index (χ0v) is 14.0. The van der Waals surface area contributed by atoms with Crippen molar-refractivity contribution in [2.45, 2.75) is 6.18 Å². The van der Waals surface area contributed by atoms with Gasteiger partial charge in [-0.25, -0.2) is 14.8 Å². The van der Waals surface area contributed by atoms with Gasteiger partial charge in [0.1, 0.15) is 5.82 Å². The quantitative estimate of drug-likeness (QED) is 0.415. The largest absolute Gasteiger partial charge is 0.478 e. The van der Waals surface area contributed by atoms with Gasteiger partial charge in [-0.05, 0) is 24.3 Å². The number of hydrogen-bond donors (Lipinski definition) is 4. The maximum absolute atomic E-state index is 13.2. The summed E-state index contributed by atoms with van der Waals surface area (Å²) in [6.45, 7) is 0. The van der Waals surface area contributed by atoms with Crippen LogP contribution in [0.4, 0.5) is 24.8 Å². The van der Waals surface area contributed by atoms with E-state index in [-0.39, 0.29) is 17.2 Å². The lowest BCUT2D eigenvalue weighted by Crippen LogP contribution is -2.08. The summed E-state index contributed by atoms with van der Waals surface area (Å²) in [7, 11) is 0. The van der Waals surface area contributed by atoms with Crippen LogP contribution in [0.25, 0.3) is 22.4 Å². The van der Waals surface area contributed by atoms with E-state index in [4.69, 9.17) is 0 Å². The third-order valence-electron chi connectivity index (χ3n) is 4.09. The number of carboxylic acids is 1. The number of aromatic nitrogens is 4. The Balaban J connectivity index is 1.78. The molecule has 142 valence electrons. The number of alkyl halides is 3. The Morgan fingerprint density at radius 3 is 2.64 bits per heavy atom. The van der Waals surface area contributed by atoms with E-state index in [1.807, 2.05) is 0 Å². The molecule has 2 aromatic heterocycles. The van der Waals surface area contributed by atoms with Crippen LogP contribution in [0.1, 0.15) is 15.9 Å². The number of aromatic carboxylic acids is 1. The van der Waals surface area contributed by atoms with Crippen LogP contribution in [-0.4, -0.2) is 31.0 Å². The number of nitrogens with one attached hydrogen (secondary N) is 3. The number of aromatic amines is 2. The third-order valence-corrected chi connectivity index (χ3v) is 4.09. The van der Waals surface area contributed by atoms with E-state index in [9.17, 15) is 23.1 Å². The lowest BCUT2D eigenvalue weighted by atomic mass is 10.1. The van der Waals surface area contributed by atoms with E-state index in [2.05, 4.69) is 25.3 Å². The van der Waals surface area contributed by atoms with Crippen LogP contribution in [0, 0.1) is 0 Å². The predicted molar refractivity (Wildman–Crippen MR) is 95.4 cm³/mol. The molecule has 0 atom stereocenters. The Bertz CT molecular complexity index is 1170. The van der Waals surface area contributed by atoms with Gasteiger partial charge in [0.2, 0.25) is 5.95 Å². The van der Waals surface area contributed by atoms with Gasteiger partial charge in [0, 0.05) is 18.0 Å². The summed E-state index contributed by atoms with van der Waals surface area (Å²) in [6.07, 6.45) is -1.49. The molecule has 7 nitrogen and oxygen atoms in total. The first kappa shape index (κ1) is 17.6. The molecule has 28 heavy (non-hydrogen) atoms. The van der Waals surface area contributed by atoms with Gasteiger partial charge in [0.05, 0.1) is 27.8 Å². The van der Waals surface area contributed by atoms with Crippen LogP contribution < -0.4 is 5.32 Å². The number of nitrogens with zero attached hydrogens (tertiary/aromatic N) is 2. The summed E-state index contributed by atoms with van der Waals surface area (Å²) >= 11 is 0. The first-order valence-corrected chi connectivity index (χ1v) is 8.03. The molecule has 0 bridgehead atoms. The number of carboxylic acid groups (broad SMARTS) is 1. The Labute approximate surface area is 155 Å². The third kappa shape index (κ3) is 3.15. The molecule has 0 radical (unpaired) electrons. The molecule has 0 aliphatic rings. The highest BCUT2D eigenvalue weighted by atomic mass is 19.4. The number of fused-ring (bicyclic) bond motifs is 1. The zero-order chi connectivity index (χ0) is 19.9. The molecule has 0 saturated heterocycles. The molecule has 10 heteroatoms. The van der Waals surface area contributed by atoms with Gasteiger partial charge in [0.25, 0.3) is 0 Å². The molecule has 0 aliphatic heterocycles. The van der Waals surface area contributed by atoms with Gasteiger partial charge in [-0.3, -0.25) is 0 Å². The summed E-state index contributed by atoms with van der Waals surface area (Å²) in [5.41, 5.74) is 0.0342. The Hall–Kier alpha value is -3.82. The molecule has 4 N–H and O–H groups in total. The number of hydrogen-bond acceptors (Lipinski definition) is 4. The first-order chi connectivity index (χ1) is 13.3. The van der Waals surface area contributed by atoms with E-state index < -0.39 is 17.7 Å². The minimum Gasteiger partial charge on any atom is -0.478 e. The monoisotopic (exact) mass is 387 g/mol. The van der Waals surface area contributed by atoms with Crippen molar-refractivity contribution in [3.63, 3.8) is 0 Å². The number of carbonyl (C=O) groups is 1. The topological polar surface area (TPSA) is 107 Å². The average molecular weight is 387 g/mol. The second-order valence-electron chi connectivity index (χ2n) is 5.91. The highest BCUT2D eigenvalue weighted by Crippen LogP contribution is 2.36. The summed E-state index contributed by atoms with van der Waals surface area (Å²) in [6, 6.07) is 7.88. The summed E-state index contributed by atoms with van der Waals surface area (Å²) < 4.78 is 39.5. The maximum Gasteiger partial charge on any atom is 0.418 e. The molecule has 0 aliphatic carbocycles. The molecule has 2 aromatic carbocycles. The fourth-order valence-electron chi connectivity index (χ4n) is 2.87. The Kier molecular flexibility index (Phi) is 4.03. The van der Waals surface area contributed by atoms with Crippen LogP contribution in [-0.2, 0) is 6.18 Å². The fraction of sp³-hybridized carbons (Fsp3) is 0.0556. The van der Waals surface area contributed by atoms with Crippen molar-refractivity contribution in [3.8, 4) is 11.4 Å². The fourth-order valence-corrected chi connectivity index (χ4v) is 2.87. The van der Waals surface area contributed by atoms with Crippen LogP contribution >= 0.6 is 0 Å². The number of rotatable bonds is 4. The van der Waals surface area contributed by atoms with E-state index in [1.54, 1.807) is 6.20 Å². The Morgan fingerprint density at radius 2 is 1.96 bits per heavy atom. The summed E-state index contributed by atoms with van der Waals surface area (Å²) in [5.74, 6) is -0.765. The van der Waals surface area contributed by atoms with Gasteiger partial charge >= 0.3 is 12.1 Å². The van der Waals surface area contributed by atoms with Gasteiger partial charge in [-0.2, -0.15) is 13.2 Å². The minimum atomic E-state index is -4.53. The van der Waals surface area contributed by atoms with Crippen molar-refractivity contribution in [2.75, 3.05) is 5.32 Å². The van der Waals surface area contributed by atoms with Crippen molar-refractivity contribution in [1.29, 1.82) is 0 Å². The van der Waals surface area contributed by atoms with E-state index in [0.29, 0.717) is 22.4 Å². The minimum absolute atomic E-state index is 0.0201. The van der Waals surface area contributed by atoms with Gasteiger partial charge in [0.15, 0.2) is 0 Å². The second kappa shape index (κ2) is 6.41. The second-order valence-corrected chi connectivity index (χ2v) is 5.91. The van der Waals surface area contributed by atoms with Crippen molar-refractivity contribution in [1.82, 2.24) is 19.9 Å². The Morgan fingerprint density at radius 1 is 1.18 bits per heavy atom. The van der Waals surface area contributed by atoms with Crippen molar-refractivity contribution in [2.24, 2.45) is 0 Å². The molecular formula is C18H12F3N5O2.